The summed E-state index contributed by atoms with van der Waals surface area (Å²) in [5, 5.41) is 3.76. The van der Waals surface area contributed by atoms with Crippen molar-refractivity contribution in [1.82, 2.24) is 14.7 Å². The van der Waals surface area contributed by atoms with Crippen molar-refractivity contribution in [2.24, 2.45) is 5.92 Å². The SMILES string of the molecule is [C-]#[N+]c1ccc2c(cc(CC(C)C)n2Cc2noc(-c3cc(F)cc(F)c3)n2)c1C(F)(F)F. The van der Waals surface area contributed by atoms with Gasteiger partial charge in [-0.2, -0.15) is 18.2 Å². The van der Waals surface area contributed by atoms with Gasteiger partial charge in [0.2, 0.25) is 0 Å². The summed E-state index contributed by atoms with van der Waals surface area (Å²) in [6.07, 6.45) is -4.24. The minimum Gasteiger partial charge on any atom is -0.337 e. The van der Waals surface area contributed by atoms with Crippen LogP contribution in [0.4, 0.5) is 27.6 Å². The van der Waals surface area contributed by atoms with Crippen LogP contribution in [-0.4, -0.2) is 14.7 Å². The van der Waals surface area contributed by atoms with Crippen molar-refractivity contribution in [3.63, 3.8) is 0 Å². The first-order valence-corrected chi connectivity index (χ1v) is 9.95. The van der Waals surface area contributed by atoms with Gasteiger partial charge in [-0.05, 0) is 36.6 Å². The van der Waals surface area contributed by atoms with Gasteiger partial charge < -0.3 is 9.09 Å². The third-order valence-corrected chi connectivity index (χ3v) is 5.05. The normalized spacial score (nSPS) is 12.0. The lowest BCUT2D eigenvalue weighted by Gasteiger charge is -2.12. The topological polar surface area (TPSA) is 48.2 Å². The van der Waals surface area contributed by atoms with Gasteiger partial charge in [-0.1, -0.05) is 25.1 Å². The second-order valence-electron chi connectivity index (χ2n) is 8.00. The van der Waals surface area contributed by atoms with E-state index in [9.17, 15) is 22.0 Å². The molecule has 0 amide bonds. The molecule has 2 heterocycles. The number of rotatable bonds is 5. The summed E-state index contributed by atoms with van der Waals surface area (Å²) in [5.41, 5.74) is -0.530. The largest absolute Gasteiger partial charge is 0.408 e. The van der Waals surface area contributed by atoms with E-state index < -0.39 is 29.1 Å². The predicted molar refractivity (Wildman–Crippen MR) is 110 cm³/mol. The summed E-state index contributed by atoms with van der Waals surface area (Å²) < 4.78 is 75.2. The number of nitrogens with zero attached hydrogens (tertiary/aromatic N) is 4. The quantitative estimate of drug-likeness (QED) is 0.244. The van der Waals surface area contributed by atoms with Gasteiger partial charge in [0.15, 0.2) is 11.5 Å². The van der Waals surface area contributed by atoms with Crippen molar-refractivity contribution < 1.29 is 26.5 Å². The Hall–Kier alpha value is -3.74. The van der Waals surface area contributed by atoms with Gasteiger partial charge in [-0.25, -0.2) is 13.6 Å². The number of fused-ring (bicyclic) bond motifs is 1. The molecule has 0 radical (unpaired) electrons. The van der Waals surface area contributed by atoms with Crippen molar-refractivity contribution in [3.05, 3.63) is 76.5 Å². The van der Waals surface area contributed by atoms with E-state index in [1.807, 2.05) is 13.8 Å². The van der Waals surface area contributed by atoms with Crippen LogP contribution in [-0.2, 0) is 19.1 Å². The lowest BCUT2D eigenvalue weighted by atomic mass is 10.1. The Bertz CT molecular complexity index is 1360. The van der Waals surface area contributed by atoms with Gasteiger partial charge in [-0.3, -0.25) is 0 Å². The van der Waals surface area contributed by atoms with Crippen molar-refractivity contribution in [2.45, 2.75) is 33.0 Å². The molecule has 0 aliphatic heterocycles. The molecule has 0 spiro atoms. The van der Waals surface area contributed by atoms with E-state index >= 15 is 0 Å². The Morgan fingerprint density at radius 2 is 1.79 bits per heavy atom. The third-order valence-electron chi connectivity index (χ3n) is 5.05. The standard InChI is InChI=1S/C23H17F5N4O/c1-12(2)6-16-10-17-19(5-4-18(29-3)21(17)23(26,27)28)32(16)11-20-30-22(33-31-20)13-7-14(24)9-15(25)8-13/h4-5,7-10,12H,6,11H2,1-2H3. The first-order valence-electron chi connectivity index (χ1n) is 9.95. The molecule has 4 aromatic rings. The Balaban J connectivity index is 1.82. The van der Waals surface area contributed by atoms with Crippen molar-refractivity contribution >= 4 is 16.6 Å². The lowest BCUT2D eigenvalue weighted by molar-refractivity contribution is -0.135. The van der Waals surface area contributed by atoms with Crippen molar-refractivity contribution in [3.8, 4) is 11.5 Å². The molecule has 0 bridgehead atoms. The molecular weight excluding hydrogens is 443 g/mol. The highest BCUT2D eigenvalue weighted by Crippen LogP contribution is 2.42. The molecular formula is C23H17F5N4O. The van der Waals surface area contributed by atoms with E-state index in [4.69, 9.17) is 11.1 Å². The number of alkyl halides is 3. The number of hydrogen-bond donors (Lipinski definition) is 0. The molecule has 0 atom stereocenters. The molecule has 0 saturated carbocycles. The fourth-order valence-electron chi connectivity index (χ4n) is 3.80. The monoisotopic (exact) mass is 460 g/mol. The highest BCUT2D eigenvalue weighted by molar-refractivity contribution is 5.90. The molecule has 0 N–H and O–H groups in total. The summed E-state index contributed by atoms with van der Waals surface area (Å²) >= 11 is 0. The maximum Gasteiger partial charge on any atom is 0.408 e. The van der Waals surface area contributed by atoms with Crippen LogP contribution in [0.3, 0.4) is 0 Å². The summed E-state index contributed by atoms with van der Waals surface area (Å²) in [4.78, 5) is 7.21. The smallest absolute Gasteiger partial charge is 0.337 e. The molecule has 33 heavy (non-hydrogen) atoms. The average molecular weight is 460 g/mol. The number of aromatic nitrogens is 3. The number of benzene rings is 2. The van der Waals surface area contributed by atoms with Gasteiger partial charge >= 0.3 is 6.18 Å². The third kappa shape index (κ3) is 4.44. The molecule has 2 aromatic heterocycles. The Morgan fingerprint density at radius 3 is 2.39 bits per heavy atom. The van der Waals surface area contributed by atoms with Crippen LogP contribution in [0.1, 0.15) is 30.9 Å². The molecule has 5 nitrogen and oxygen atoms in total. The predicted octanol–water partition coefficient (Wildman–Crippen LogP) is 6.79. The average Bonchev–Trinajstić information content (AvgIpc) is 3.30. The van der Waals surface area contributed by atoms with Crippen LogP contribution in [0, 0.1) is 24.1 Å². The summed E-state index contributed by atoms with van der Waals surface area (Å²) in [5.74, 6) is -1.47. The van der Waals surface area contributed by atoms with Gasteiger partial charge in [0, 0.05) is 28.2 Å². The zero-order chi connectivity index (χ0) is 23.9. The maximum absolute atomic E-state index is 13.8. The summed E-state index contributed by atoms with van der Waals surface area (Å²) in [6.45, 7) is 11.0. The summed E-state index contributed by atoms with van der Waals surface area (Å²) in [7, 11) is 0. The highest BCUT2D eigenvalue weighted by Gasteiger charge is 2.36. The van der Waals surface area contributed by atoms with E-state index in [-0.39, 0.29) is 40.6 Å². The van der Waals surface area contributed by atoms with E-state index in [1.165, 1.54) is 12.1 Å². The molecule has 10 heteroatoms. The first kappa shape index (κ1) is 22.5. The van der Waals surface area contributed by atoms with Crippen LogP contribution >= 0.6 is 0 Å². The highest BCUT2D eigenvalue weighted by atomic mass is 19.4. The minimum absolute atomic E-state index is 0.0263. The van der Waals surface area contributed by atoms with Gasteiger partial charge in [-0.15, -0.1) is 0 Å². The van der Waals surface area contributed by atoms with Crippen LogP contribution < -0.4 is 0 Å². The van der Waals surface area contributed by atoms with Gasteiger partial charge in [0.1, 0.15) is 11.6 Å². The Kier molecular flexibility index (Phi) is 5.66. The number of hydrogen-bond acceptors (Lipinski definition) is 3. The minimum atomic E-state index is -4.71. The second-order valence-corrected chi connectivity index (χ2v) is 8.00. The summed E-state index contributed by atoms with van der Waals surface area (Å²) in [6, 6.07) is 6.83. The van der Waals surface area contributed by atoms with Gasteiger partial charge in [0.25, 0.3) is 5.89 Å². The lowest BCUT2D eigenvalue weighted by Crippen LogP contribution is -2.08. The van der Waals surface area contributed by atoms with Crippen molar-refractivity contribution in [2.75, 3.05) is 0 Å². The molecule has 0 unspecified atom stereocenters. The van der Waals surface area contributed by atoms with Crippen molar-refractivity contribution in [1.29, 1.82) is 0 Å². The zero-order valence-electron chi connectivity index (χ0n) is 17.5. The molecule has 0 aliphatic carbocycles. The molecule has 2 aromatic carbocycles. The van der Waals surface area contributed by atoms with Crippen LogP contribution in [0.25, 0.3) is 27.2 Å². The Labute approximate surface area is 185 Å². The molecule has 0 aliphatic rings. The molecule has 0 saturated heterocycles. The zero-order valence-corrected chi connectivity index (χ0v) is 17.5. The van der Waals surface area contributed by atoms with E-state index in [1.54, 1.807) is 4.57 Å². The van der Waals surface area contributed by atoms with E-state index in [2.05, 4.69) is 15.0 Å². The Morgan fingerprint density at radius 1 is 1.09 bits per heavy atom. The second kappa shape index (κ2) is 8.31. The molecule has 170 valence electrons. The first-order chi connectivity index (χ1) is 15.6. The number of halogens is 5. The van der Waals surface area contributed by atoms with Crippen LogP contribution in [0.15, 0.2) is 40.9 Å². The van der Waals surface area contributed by atoms with E-state index in [0.29, 0.717) is 18.2 Å². The van der Waals surface area contributed by atoms with Gasteiger partial charge in [0.05, 0.1) is 18.7 Å². The fourth-order valence-corrected chi connectivity index (χ4v) is 3.80. The molecule has 0 fully saturated rings. The van der Waals surface area contributed by atoms with Crippen LogP contribution in [0.2, 0.25) is 0 Å². The molecule has 4 rings (SSSR count). The maximum atomic E-state index is 13.8. The van der Waals surface area contributed by atoms with Crippen LogP contribution in [0.5, 0.6) is 0 Å². The van der Waals surface area contributed by atoms with E-state index in [0.717, 1.165) is 18.2 Å². The fraction of sp³-hybridized carbons (Fsp3) is 0.261.